The molecule has 0 atom stereocenters. The molecule has 8 aromatic rings. The molecule has 4 nitrogen and oxygen atoms in total. The summed E-state index contributed by atoms with van der Waals surface area (Å²) in [5, 5.41) is 25.2. The van der Waals surface area contributed by atoms with Crippen LogP contribution < -0.4 is 0 Å². The molecule has 0 unspecified atom stereocenters. The molecule has 4 heteroatoms. The van der Waals surface area contributed by atoms with Crippen molar-refractivity contribution >= 4 is 43.6 Å². The van der Waals surface area contributed by atoms with Gasteiger partial charge in [-0.3, -0.25) is 0 Å². The molecule has 0 N–H and O–H groups in total. The zero-order valence-electron chi connectivity index (χ0n) is 24.3. The topological polar surface area (TPSA) is 57.4 Å². The summed E-state index contributed by atoms with van der Waals surface area (Å²) in [5.41, 5.74) is 11.2. The summed E-state index contributed by atoms with van der Waals surface area (Å²) in [6.07, 6.45) is 0. The van der Waals surface area contributed by atoms with Gasteiger partial charge in [0.1, 0.15) is 0 Å². The van der Waals surface area contributed by atoms with Crippen molar-refractivity contribution in [3.8, 4) is 34.6 Å². The number of rotatable bonds is 3. The number of nitrogens with zero attached hydrogens (tertiary/aromatic N) is 4. The largest absolute Gasteiger partial charge is 0.309 e. The van der Waals surface area contributed by atoms with E-state index in [1.54, 1.807) is 0 Å². The van der Waals surface area contributed by atoms with Crippen LogP contribution in [0.1, 0.15) is 22.3 Å². The standard InChI is InChI=1S/C40H26N4/c1-25-11-17-39-35(19-25)31-7-3-5-9-37(31)43(39)29-15-13-27(23-41)33(21-29)34-22-30(16-14-28(34)24-42)44-38-10-6-4-8-32(38)36-20-26(2)12-18-40(36)44/h3-22H,1-2H3. The molecule has 0 amide bonds. The van der Waals surface area contributed by atoms with E-state index in [0.717, 1.165) is 44.6 Å². The van der Waals surface area contributed by atoms with Gasteiger partial charge in [0.2, 0.25) is 0 Å². The second-order valence-electron chi connectivity index (χ2n) is 11.4. The first-order chi connectivity index (χ1) is 21.6. The number of aromatic nitrogens is 2. The van der Waals surface area contributed by atoms with Gasteiger partial charge in [-0.2, -0.15) is 10.5 Å². The number of nitriles is 2. The van der Waals surface area contributed by atoms with Crippen LogP contribution in [0.5, 0.6) is 0 Å². The summed E-state index contributed by atoms with van der Waals surface area (Å²) >= 11 is 0. The van der Waals surface area contributed by atoms with Crippen molar-refractivity contribution in [1.82, 2.24) is 9.13 Å². The monoisotopic (exact) mass is 562 g/mol. The van der Waals surface area contributed by atoms with Gasteiger partial charge in [0, 0.05) is 44.0 Å². The summed E-state index contributed by atoms with van der Waals surface area (Å²) in [6.45, 7) is 4.22. The lowest BCUT2D eigenvalue weighted by atomic mass is 9.95. The first-order valence-corrected chi connectivity index (χ1v) is 14.6. The fraction of sp³-hybridized carbons (Fsp3) is 0.0500. The van der Waals surface area contributed by atoms with E-state index < -0.39 is 0 Å². The Morgan fingerprint density at radius 3 is 1.27 bits per heavy atom. The third-order valence-electron chi connectivity index (χ3n) is 8.71. The number of hydrogen-bond donors (Lipinski definition) is 0. The highest BCUT2D eigenvalue weighted by atomic mass is 15.0. The highest BCUT2D eigenvalue weighted by Gasteiger charge is 2.18. The van der Waals surface area contributed by atoms with Gasteiger partial charge in [0.15, 0.2) is 0 Å². The van der Waals surface area contributed by atoms with Crippen molar-refractivity contribution < 1.29 is 0 Å². The smallest absolute Gasteiger partial charge is 0.0998 e. The lowest BCUT2D eigenvalue weighted by molar-refractivity contribution is 1.17. The van der Waals surface area contributed by atoms with Crippen LogP contribution in [0.15, 0.2) is 121 Å². The average Bonchev–Trinajstić information content (AvgIpc) is 3.56. The van der Waals surface area contributed by atoms with Crippen LogP contribution in [0, 0.1) is 36.5 Å². The molecule has 0 aliphatic rings. The summed E-state index contributed by atoms with van der Waals surface area (Å²) in [5.74, 6) is 0. The van der Waals surface area contributed by atoms with E-state index in [4.69, 9.17) is 0 Å². The van der Waals surface area contributed by atoms with Gasteiger partial charge < -0.3 is 9.13 Å². The van der Waals surface area contributed by atoms with Gasteiger partial charge in [0.05, 0.1) is 45.3 Å². The minimum absolute atomic E-state index is 0.525. The summed E-state index contributed by atoms with van der Waals surface area (Å²) < 4.78 is 4.50. The molecule has 2 aromatic heterocycles. The highest BCUT2D eigenvalue weighted by Crippen LogP contribution is 2.38. The van der Waals surface area contributed by atoms with Gasteiger partial charge >= 0.3 is 0 Å². The molecular weight excluding hydrogens is 536 g/mol. The Labute approximate surface area is 254 Å². The van der Waals surface area contributed by atoms with Crippen molar-refractivity contribution in [2.75, 3.05) is 0 Å². The van der Waals surface area contributed by atoms with Gasteiger partial charge in [0.25, 0.3) is 0 Å². The normalized spacial score (nSPS) is 11.4. The van der Waals surface area contributed by atoms with E-state index in [0.29, 0.717) is 11.1 Å². The quantitative estimate of drug-likeness (QED) is 0.215. The fourth-order valence-electron chi connectivity index (χ4n) is 6.71. The highest BCUT2D eigenvalue weighted by molar-refractivity contribution is 6.10. The number of benzene rings is 6. The predicted molar refractivity (Wildman–Crippen MR) is 179 cm³/mol. The van der Waals surface area contributed by atoms with Gasteiger partial charge in [-0.1, -0.05) is 59.7 Å². The molecule has 0 radical (unpaired) electrons. The van der Waals surface area contributed by atoms with E-state index >= 15 is 0 Å². The number of hydrogen-bond acceptors (Lipinski definition) is 2. The molecule has 0 fully saturated rings. The molecule has 0 spiro atoms. The van der Waals surface area contributed by atoms with Crippen LogP contribution >= 0.6 is 0 Å². The van der Waals surface area contributed by atoms with Crippen LogP contribution in [0.25, 0.3) is 66.1 Å². The Balaban J connectivity index is 1.40. The third-order valence-corrected chi connectivity index (χ3v) is 8.71. The van der Waals surface area contributed by atoms with Gasteiger partial charge in [-0.05, 0) is 86.6 Å². The molecule has 0 aliphatic heterocycles. The maximum Gasteiger partial charge on any atom is 0.0998 e. The molecule has 0 saturated carbocycles. The molecular formula is C40H26N4. The van der Waals surface area contributed by atoms with Crippen LogP contribution in [0.4, 0.5) is 0 Å². The van der Waals surface area contributed by atoms with Gasteiger partial charge in [-0.25, -0.2) is 0 Å². The van der Waals surface area contributed by atoms with Crippen LogP contribution in [-0.4, -0.2) is 9.13 Å². The number of aryl methyl sites for hydroxylation is 2. The summed E-state index contributed by atoms with van der Waals surface area (Å²) in [4.78, 5) is 0. The molecule has 0 aliphatic carbocycles. The fourth-order valence-corrected chi connectivity index (χ4v) is 6.71. The van der Waals surface area contributed by atoms with Crippen molar-refractivity contribution in [2.45, 2.75) is 13.8 Å². The molecule has 44 heavy (non-hydrogen) atoms. The Morgan fingerprint density at radius 2 is 0.841 bits per heavy atom. The Hall–Kier alpha value is -6.10. The van der Waals surface area contributed by atoms with Crippen molar-refractivity contribution in [3.63, 3.8) is 0 Å². The summed E-state index contributed by atoms with van der Waals surface area (Å²) in [7, 11) is 0. The SMILES string of the molecule is Cc1ccc2c(c1)c1ccccc1n2-c1ccc(C#N)c(-c2cc(-n3c4ccccc4c4cc(C)ccc43)ccc2C#N)c1. The zero-order chi connectivity index (χ0) is 29.9. The van der Waals surface area contributed by atoms with Crippen molar-refractivity contribution in [2.24, 2.45) is 0 Å². The Bertz CT molecular complexity index is 2370. The minimum atomic E-state index is 0.525. The van der Waals surface area contributed by atoms with E-state index in [1.165, 1.54) is 32.7 Å². The lowest BCUT2D eigenvalue weighted by Gasteiger charge is -2.15. The van der Waals surface area contributed by atoms with E-state index in [9.17, 15) is 10.5 Å². The van der Waals surface area contributed by atoms with E-state index in [-0.39, 0.29) is 0 Å². The second-order valence-corrected chi connectivity index (χ2v) is 11.4. The van der Waals surface area contributed by atoms with Gasteiger partial charge in [-0.15, -0.1) is 0 Å². The Kier molecular flexibility index (Phi) is 5.66. The molecule has 6 aromatic carbocycles. The zero-order valence-corrected chi connectivity index (χ0v) is 24.3. The summed E-state index contributed by atoms with van der Waals surface area (Å²) in [6, 6.07) is 46.5. The molecule has 2 heterocycles. The molecule has 0 saturated heterocycles. The maximum absolute atomic E-state index is 10.3. The van der Waals surface area contributed by atoms with Crippen molar-refractivity contribution in [1.29, 1.82) is 10.5 Å². The molecule has 206 valence electrons. The Morgan fingerprint density at radius 1 is 0.432 bits per heavy atom. The van der Waals surface area contributed by atoms with Crippen LogP contribution in [0.2, 0.25) is 0 Å². The lowest BCUT2D eigenvalue weighted by Crippen LogP contribution is -1.99. The second kappa shape index (κ2) is 9.73. The van der Waals surface area contributed by atoms with Crippen LogP contribution in [-0.2, 0) is 0 Å². The first kappa shape index (κ1) is 25.6. The predicted octanol–water partition coefficient (Wildman–Crippen LogP) is 9.91. The minimum Gasteiger partial charge on any atom is -0.309 e. The molecule has 0 bridgehead atoms. The average molecular weight is 563 g/mol. The number of fused-ring (bicyclic) bond motifs is 6. The first-order valence-electron chi connectivity index (χ1n) is 14.6. The van der Waals surface area contributed by atoms with Crippen molar-refractivity contribution in [3.05, 3.63) is 144 Å². The van der Waals surface area contributed by atoms with E-state index in [1.807, 2.05) is 24.3 Å². The van der Waals surface area contributed by atoms with Crippen LogP contribution in [0.3, 0.4) is 0 Å². The van der Waals surface area contributed by atoms with E-state index in [2.05, 4.69) is 132 Å². The third kappa shape index (κ3) is 3.76. The maximum atomic E-state index is 10.3. The molecule has 8 rings (SSSR count). The number of para-hydroxylation sites is 2.